The molecule has 0 spiro atoms. The first kappa shape index (κ1) is 11.4. The molecule has 1 saturated heterocycles. The van der Waals surface area contributed by atoms with Crippen LogP contribution < -0.4 is 5.32 Å². The van der Waals surface area contributed by atoms with Gasteiger partial charge in [-0.15, -0.1) is 0 Å². The smallest absolute Gasteiger partial charge is 0.00694 e. The predicted molar refractivity (Wildman–Crippen MR) is 65.1 cm³/mol. The summed E-state index contributed by atoms with van der Waals surface area (Å²) in [5.74, 6) is 0.945. The number of hydrogen-bond acceptors (Lipinski definition) is 2. The molecule has 1 aliphatic heterocycles. The van der Waals surface area contributed by atoms with Gasteiger partial charge in [0, 0.05) is 12.1 Å². The average Bonchev–Trinajstić information content (AvgIpc) is 2.99. The Balaban J connectivity index is 1.56. The SMILES string of the molecule is CC1CCN(CCCNC2CC2)C(C)C1. The molecule has 2 rings (SSSR count). The molecule has 0 bridgehead atoms. The van der Waals surface area contributed by atoms with E-state index in [9.17, 15) is 0 Å². The van der Waals surface area contributed by atoms with Gasteiger partial charge in [0.25, 0.3) is 0 Å². The Morgan fingerprint density at radius 1 is 1.20 bits per heavy atom. The number of piperidine rings is 1. The fraction of sp³-hybridized carbons (Fsp3) is 1.00. The molecule has 2 unspecified atom stereocenters. The zero-order valence-electron chi connectivity index (χ0n) is 10.3. The van der Waals surface area contributed by atoms with Gasteiger partial charge in [-0.3, -0.25) is 0 Å². The van der Waals surface area contributed by atoms with Gasteiger partial charge < -0.3 is 10.2 Å². The Morgan fingerprint density at radius 2 is 2.00 bits per heavy atom. The van der Waals surface area contributed by atoms with Gasteiger partial charge in [0.05, 0.1) is 0 Å². The standard InChI is InChI=1S/C13H26N2/c1-11-6-9-15(12(2)10-11)8-3-7-14-13-4-5-13/h11-14H,3-10H2,1-2H3. The summed E-state index contributed by atoms with van der Waals surface area (Å²) in [6.45, 7) is 8.63. The minimum absolute atomic E-state index is 0.815. The van der Waals surface area contributed by atoms with Gasteiger partial charge in [0.2, 0.25) is 0 Å². The molecule has 1 aliphatic carbocycles. The second-order valence-electron chi connectivity index (χ2n) is 5.60. The summed E-state index contributed by atoms with van der Waals surface area (Å²) in [6, 6.07) is 1.69. The first-order valence-electron chi connectivity index (χ1n) is 6.73. The van der Waals surface area contributed by atoms with E-state index in [1.807, 2.05) is 0 Å². The van der Waals surface area contributed by atoms with E-state index >= 15 is 0 Å². The molecule has 15 heavy (non-hydrogen) atoms. The van der Waals surface area contributed by atoms with E-state index < -0.39 is 0 Å². The van der Waals surface area contributed by atoms with Crippen molar-refractivity contribution in [2.24, 2.45) is 5.92 Å². The Labute approximate surface area is 94.4 Å². The number of nitrogens with zero attached hydrogens (tertiary/aromatic N) is 1. The van der Waals surface area contributed by atoms with Crippen molar-refractivity contribution in [3.8, 4) is 0 Å². The fourth-order valence-electron chi connectivity index (χ4n) is 2.66. The van der Waals surface area contributed by atoms with Crippen molar-refractivity contribution in [2.45, 2.75) is 58.0 Å². The van der Waals surface area contributed by atoms with Gasteiger partial charge >= 0.3 is 0 Å². The minimum atomic E-state index is 0.815. The Hall–Kier alpha value is -0.0800. The van der Waals surface area contributed by atoms with Crippen molar-refractivity contribution in [2.75, 3.05) is 19.6 Å². The molecular weight excluding hydrogens is 184 g/mol. The van der Waals surface area contributed by atoms with Gasteiger partial charge in [-0.1, -0.05) is 6.92 Å². The zero-order valence-corrected chi connectivity index (χ0v) is 10.3. The van der Waals surface area contributed by atoms with E-state index in [1.54, 1.807) is 0 Å². The van der Waals surface area contributed by atoms with Gasteiger partial charge in [-0.05, 0) is 64.6 Å². The van der Waals surface area contributed by atoms with Crippen LogP contribution in [0.25, 0.3) is 0 Å². The van der Waals surface area contributed by atoms with Crippen LogP contribution in [0, 0.1) is 5.92 Å². The van der Waals surface area contributed by atoms with E-state index in [4.69, 9.17) is 0 Å². The molecule has 2 heteroatoms. The summed E-state index contributed by atoms with van der Waals surface area (Å²) >= 11 is 0. The number of hydrogen-bond donors (Lipinski definition) is 1. The van der Waals surface area contributed by atoms with Crippen LogP contribution in [0.3, 0.4) is 0 Å². The van der Waals surface area contributed by atoms with Crippen molar-refractivity contribution in [3.63, 3.8) is 0 Å². The lowest BCUT2D eigenvalue weighted by atomic mass is 9.93. The van der Waals surface area contributed by atoms with Crippen molar-refractivity contribution >= 4 is 0 Å². The van der Waals surface area contributed by atoms with Crippen LogP contribution in [0.15, 0.2) is 0 Å². The predicted octanol–water partition coefficient (Wildman–Crippen LogP) is 2.25. The minimum Gasteiger partial charge on any atom is -0.314 e. The van der Waals surface area contributed by atoms with Crippen molar-refractivity contribution in [3.05, 3.63) is 0 Å². The van der Waals surface area contributed by atoms with Crippen LogP contribution in [0.2, 0.25) is 0 Å². The lowest BCUT2D eigenvalue weighted by molar-refractivity contribution is 0.128. The highest BCUT2D eigenvalue weighted by atomic mass is 15.2. The molecule has 1 heterocycles. The van der Waals surface area contributed by atoms with Crippen LogP contribution in [0.1, 0.15) is 46.0 Å². The molecule has 2 fully saturated rings. The summed E-state index contributed by atoms with van der Waals surface area (Å²) < 4.78 is 0. The van der Waals surface area contributed by atoms with Crippen molar-refractivity contribution < 1.29 is 0 Å². The zero-order chi connectivity index (χ0) is 10.7. The maximum absolute atomic E-state index is 3.59. The summed E-state index contributed by atoms with van der Waals surface area (Å²) in [6.07, 6.45) is 6.96. The lowest BCUT2D eigenvalue weighted by Gasteiger charge is -2.36. The van der Waals surface area contributed by atoms with Crippen LogP contribution >= 0.6 is 0 Å². The number of nitrogens with one attached hydrogen (secondary N) is 1. The topological polar surface area (TPSA) is 15.3 Å². The molecule has 88 valence electrons. The van der Waals surface area contributed by atoms with Gasteiger partial charge in [0.1, 0.15) is 0 Å². The summed E-state index contributed by atoms with van der Waals surface area (Å²) in [5.41, 5.74) is 0. The average molecular weight is 210 g/mol. The van der Waals surface area contributed by atoms with Crippen LogP contribution in [0.4, 0.5) is 0 Å². The van der Waals surface area contributed by atoms with Crippen LogP contribution in [-0.4, -0.2) is 36.6 Å². The van der Waals surface area contributed by atoms with Crippen LogP contribution in [-0.2, 0) is 0 Å². The lowest BCUT2D eigenvalue weighted by Crippen LogP contribution is -2.41. The van der Waals surface area contributed by atoms with Gasteiger partial charge in [-0.25, -0.2) is 0 Å². The van der Waals surface area contributed by atoms with E-state index in [1.165, 1.54) is 51.7 Å². The molecule has 1 N–H and O–H groups in total. The molecule has 0 aromatic carbocycles. The highest BCUT2D eigenvalue weighted by molar-refractivity contribution is 4.81. The summed E-state index contributed by atoms with van der Waals surface area (Å²) in [7, 11) is 0. The normalized spacial score (nSPS) is 33.2. The molecule has 1 saturated carbocycles. The summed E-state index contributed by atoms with van der Waals surface area (Å²) in [4.78, 5) is 2.68. The van der Waals surface area contributed by atoms with E-state index in [-0.39, 0.29) is 0 Å². The van der Waals surface area contributed by atoms with Crippen molar-refractivity contribution in [1.82, 2.24) is 10.2 Å². The molecule has 0 amide bonds. The second-order valence-corrected chi connectivity index (χ2v) is 5.60. The maximum atomic E-state index is 3.59. The Kier molecular flexibility index (Phi) is 4.04. The van der Waals surface area contributed by atoms with E-state index in [0.717, 1.165) is 18.0 Å². The fourth-order valence-corrected chi connectivity index (χ4v) is 2.66. The largest absolute Gasteiger partial charge is 0.314 e. The summed E-state index contributed by atoms with van der Waals surface area (Å²) in [5, 5.41) is 3.59. The Morgan fingerprint density at radius 3 is 2.67 bits per heavy atom. The van der Waals surface area contributed by atoms with Crippen LogP contribution in [0.5, 0.6) is 0 Å². The second kappa shape index (κ2) is 5.31. The third-order valence-corrected chi connectivity index (χ3v) is 3.91. The third-order valence-electron chi connectivity index (χ3n) is 3.91. The highest BCUT2D eigenvalue weighted by Crippen LogP contribution is 2.22. The molecule has 0 radical (unpaired) electrons. The maximum Gasteiger partial charge on any atom is 0.00694 e. The molecule has 2 nitrogen and oxygen atoms in total. The number of likely N-dealkylation sites (tertiary alicyclic amines) is 1. The number of rotatable bonds is 5. The molecule has 2 atom stereocenters. The first-order chi connectivity index (χ1) is 7.25. The molecule has 0 aromatic heterocycles. The van der Waals surface area contributed by atoms with Gasteiger partial charge in [0.15, 0.2) is 0 Å². The van der Waals surface area contributed by atoms with E-state index in [2.05, 4.69) is 24.1 Å². The van der Waals surface area contributed by atoms with E-state index in [0.29, 0.717) is 0 Å². The van der Waals surface area contributed by atoms with Crippen molar-refractivity contribution in [1.29, 1.82) is 0 Å². The quantitative estimate of drug-likeness (QED) is 0.700. The first-order valence-corrected chi connectivity index (χ1v) is 6.73. The monoisotopic (exact) mass is 210 g/mol. The highest BCUT2D eigenvalue weighted by Gasteiger charge is 2.23. The molecular formula is C13H26N2. The molecule has 2 aliphatic rings. The Bertz CT molecular complexity index is 189. The third kappa shape index (κ3) is 3.76. The molecule has 0 aromatic rings. The van der Waals surface area contributed by atoms with Gasteiger partial charge in [-0.2, -0.15) is 0 Å².